The largest absolute Gasteiger partial charge is 0.437 e. The van der Waals surface area contributed by atoms with Crippen LogP contribution in [0.3, 0.4) is 0 Å². The van der Waals surface area contributed by atoms with Gasteiger partial charge in [-0.15, -0.1) is 0 Å². The zero-order chi connectivity index (χ0) is 31.8. The van der Waals surface area contributed by atoms with Crippen LogP contribution in [0, 0.1) is 22.9 Å². The van der Waals surface area contributed by atoms with Gasteiger partial charge in [-0.1, -0.05) is 18.2 Å². The number of nitro groups is 1. The quantitative estimate of drug-likeness (QED) is 0.135. The number of nitrogens with zero attached hydrogens (tertiary/aromatic N) is 3. The van der Waals surface area contributed by atoms with Crippen molar-refractivity contribution in [2.45, 2.75) is 43.4 Å². The summed E-state index contributed by atoms with van der Waals surface area (Å²) in [4.78, 5) is 23.3. The Morgan fingerprint density at radius 2 is 1.84 bits per heavy atom. The molecule has 1 aliphatic rings. The lowest BCUT2D eigenvalue weighted by atomic mass is 10.1. The van der Waals surface area contributed by atoms with E-state index in [1.54, 1.807) is 0 Å². The average molecular weight is 634 g/mol. The van der Waals surface area contributed by atoms with Crippen molar-refractivity contribution in [3.8, 4) is 17.3 Å². The van der Waals surface area contributed by atoms with Crippen LogP contribution >= 0.6 is 0 Å². The maximum absolute atomic E-state index is 14.2. The van der Waals surface area contributed by atoms with E-state index in [2.05, 4.69) is 15.1 Å². The SMILES string of the molecule is Cc1c(C(=O)NCc2cccc(C(F)(F)F)c2)nn(-c2cccc(F)c2)c1Oc1ccc([N+](=O)[O-])cc1S(=O)(=O)NC1CC1. The Kier molecular flexibility index (Phi) is 8.13. The lowest BCUT2D eigenvalue weighted by molar-refractivity contribution is -0.385. The first-order chi connectivity index (χ1) is 20.7. The molecule has 3 aromatic carbocycles. The molecule has 2 N–H and O–H groups in total. The summed E-state index contributed by atoms with van der Waals surface area (Å²) in [5.74, 6) is -2.02. The number of ether oxygens (including phenoxy) is 1. The van der Waals surface area contributed by atoms with Gasteiger partial charge < -0.3 is 10.1 Å². The van der Waals surface area contributed by atoms with Crippen LogP contribution in [0.15, 0.2) is 71.6 Å². The molecule has 5 rings (SSSR count). The number of carbonyl (C=O) groups excluding carboxylic acids is 1. The van der Waals surface area contributed by atoms with Crippen LogP contribution in [0.1, 0.15) is 40.0 Å². The van der Waals surface area contributed by atoms with Crippen LogP contribution in [0.25, 0.3) is 5.69 Å². The van der Waals surface area contributed by atoms with Gasteiger partial charge in [-0.3, -0.25) is 14.9 Å². The summed E-state index contributed by atoms with van der Waals surface area (Å²) in [6.45, 7) is 1.13. The molecule has 1 aliphatic carbocycles. The van der Waals surface area contributed by atoms with Crippen molar-refractivity contribution in [2.24, 2.45) is 0 Å². The Morgan fingerprint density at radius 1 is 1.11 bits per heavy atom. The number of halogens is 4. The first-order valence-electron chi connectivity index (χ1n) is 13.0. The summed E-state index contributed by atoms with van der Waals surface area (Å²) in [6, 6.07) is 12.0. The number of benzene rings is 3. The Labute approximate surface area is 247 Å². The first-order valence-corrected chi connectivity index (χ1v) is 14.5. The molecule has 4 aromatic rings. The number of carbonyl (C=O) groups is 1. The van der Waals surface area contributed by atoms with Crippen molar-refractivity contribution in [3.63, 3.8) is 0 Å². The Hall–Kier alpha value is -4.83. The molecule has 0 bridgehead atoms. The number of nitro benzene ring substituents is 1. The van der Waals surface area contributed by atoms with Gasteiger partial charge in [0.2, 0.25) is 15.9 Å². The second kappa shape index (κ2) is 11.7. The van der Waals surface area contributed by atoms with E-state index in [-0.39, 0.29) is 46.7 Å². The molecule has 11 nitrogen and oxygen atoms in total. The number of sulfonamides is 1. The molecule has 0 aliphatic heterocycles. The summed E-state index contributed by atoms with van der Waals surface area (Å²) >= 11 is 0. The fourth-order valence-corrected chi connectivity index (χ4v) is 5.67. The van der Waals surface area contributed by atoms with Gasteiger partial charge in [0.15, 0.2) is 5.69 Å². The van der Waals surface area contributed by atoms with Crippen molar-refractivity contribution in [1.82, 2.24) is 19.8 Å². The number of amides is 1. The number of alkyl halides is 3. The van der Waals surface area contributed by atoms with E-state index in [4.69, 9.17) is 4.74 Å². The minimum atomic E-state index is -4.58. The number of rotatable bonds is 10. The van der Waals surface area contributed by atoms with Crippen LogP contribution in [0.2, 0.25) is 0 Å². The third kappa shape index (κ3) is 6.70. The van der Waals surface area contributed by atoms with Crippen molar-refractivity contribution in [1.29, 1.82) is 0 Å². The van der Waals surface area contributed by atoms with Gasteiger partial charge in [-0.05, 0) is 61.7 Å². The van der Waals surface area contributed by atoms with E-state index in [1.165, 1.54) is 31.2 Å². The highest BCUT2D eigenvalue weighted by molar-refractivity contribution is 7.89. The number of nitrogens with one attached hydrogen (secondary N) is 2. The smallest absolute Gasteiger partial charge is 0.416 e. The van der Waals surface area contributed by atoms with Crippen LogP contribution in [-0.4, -0.2) is 35.1 Å². The molecule has 0 radical (unpaired) electrons. The molecule has 16 heteroatoms. The zero-order valence-electron chi connectivity index (χ0n) is 22.8. The van der Waals surface area contributed by atoms with Gasteiger partial charge in [0.05, 0.1) is 16.2 Å². The fraction of sp³-hybridized carbons (Fsp3) is 0.214. The van der Waals surface area contributed by atoms with E-state index >= 15 is 0 Å². The summed E-state index contributed by atoms with van der Waals surface area (Å²) in [6.07, 6.45) is -3.39. The maximum atomic E-state index is 14.2. The summed E-state index contributed by atoms with van der Waals surface area (Å²) in [7, 11) is -4.29. The van der Waals surface area contributed by atoms with Crippen LogP contribution in [0.5, 0.6) is 11.6 Å². The Bertz CT molecular complexity index is 1870. The molecule has 1 saturated carbocycles. The molecule has 0 unspecified atom stereocenters. The molecule has 0 atom stereocenters. The van der Waals surface area contributed by atoms with Gasteiger partial charge >= 0.3 is 6.18 Å². The van der Waals surface area contributed by atoms with Gasteiger partial charge in [0, 0.05) is 30.3 Å². The number of hydrogen-bond acceptors (Lipinski definition) is 7. The highest BCUT2D eigenvalue weighted by atomic mass is 32.2. The highest BCUT2D eigenvalue weighted by Gasteiger charge is 2.33. The normalized spacial score (nSPS) is 13.5. The molecule has 1 fully saturated rings. The molecule has 1 aromatic heterocycles. The maximum Gasteiger partial charge on any atom is 0.416 e. The average Bonchev–Trinajstić information content (AvgIpc) is 3.72. The third-order valence-corrected chi connectivity index (χ3v) is 8.12. The monoisotopic (exact) mass is 633 g/mol. The predicted octanol–water partition coefficient (Wildman–Crippen LogP) is 5.41. The van der Waals surface area contributed by atoms with Gasteiger partial charge in [-0.2, -0.15) is 23.0 Å². The molecule has 0 saturated heterocycles. The Morgan fingerprint density at radius 3 is 2.50 bits per heavy atom. The second-order valence-corrected chi connectivity index (χ2v) is 11.6. The van der Waals surface area contributed by atoms with Crippen molar-refractivity contribution in [2.75, 3.05) is 0 Å². The van der Waals surface area contributed by atoms with E-state index in [0.29, 0.717) is 12.8 Å². The van der Waals surface area contributed by atoms with E-state index < -0.39 is 49.0 Å². The standard InChI is InChI=1S/C28H23F4N5O6S/c1-16-25(26(38)33-15-17-4-2-5-18(12-17)28(30,31)32)34-36(21-7-3-6-19(29)13-21)27(16)43-23-11-10-22(37(39)40)14-24(23)44(41,42)35-20-8-9-20/h2-7,10-14,20,35H,8-9,15H2,1H3,(H,33,38). The molecule has 1 heterocycles. The lowest BCUT2D eigenvalue weighted by Gasteiger charge is -2.14. The minimum absolute atomic E-state index is 0.0626. The molecular formula is C28H23F4N5O6S. The number of hydrogen-bond donors (Lipinski definition) is 2. The fourth-order valence-electron chi connectivity index (χ4n) is 4.22. The highest BCUT2D eigenvalue weighted by Crippen LogP contribution is 2.37. The number of aromatic nitrogens is 2. The van der Waals surface area contributed by atoms with Gasteiger partial charge in [-0.25, -0.2) is 17.5 Å². The molecule has 0 spiro atoms. The molecule has 230 valence electrons. The zero-order valence-corrected chi connectivity index (χ0v) is 23.6. The van der Waals surface area contributed by atoms with Crippen molar-refractivity contribution < 1.29 is 40.4 Å². The molecular weight excluding hydrogens is 610 g/mol. The third-order valence-electron chi connectivity index (χ3n) is 6.58. The molecule has 1 amide bonds. The topological polar surface area (TPSA) is 145 Å². The minimum Gasteiger partial charge on any atom is -0.437 e. The van der Waals surface area contributed by atoms with E-state index in [1.807, 2.05) is 0 Å². The number of non-ortho nitro benzene ring substituents is 1. The van der Waals surface area contributed by atoms with E-state index in [0.717, 1.165) is 47.1 Å². The van der Waals surface area contributed by atoms with Gasteiger partial charge in [0.1, 0.15) is 16.5 Å². The summed E-state index contributed by atoms with van der Waals surface area (Å²) in [5, 5.41) is 18.2. The predicted molar refractivity (Wildman–Crippen MR) is 147 cm³/mol. The lowest BCUT2D eigenvalue weighted by Crippen LogP contribution is -2.26. The van der Waals surface area contributed by atoms with E-state index in [9.17, 15) is 40.9 Å². The van der Waals surface area contributed by atoms with Crippen LogP contribution < -0.4 is 14.8 Å². The van der Waals surface area contributed by atoms with Crippen molar-refractivity contribution in [3.05, 3.63) is 105 Å². The summed E-state index contributed by atoms with van der Waals surface area (Å²) in [5.41, 5.74) is -1.35. The second-order valence-electron chi connectivity index (χ2n) is 9.94. The Balaban J connectivity index is 1.53. The van der Waals surface area contributed by atoms with Crippen LogP contribution in [0.4, 0.5) is 23.2 Å². The van der Waals surface area contributed by atoms with Gasteiger partial charge in [0.25, 0.3) is 11.6 Å². The first kappa shape index (κ1) is 30.6. The van der Waals surface area contributed by atoms with Crippen molar-refractivity contribution >= 4 is 21.6 Å². The molecule has 44 heavy (non-hydrogen) atoms. The van der Waals surface area contributed by atoms with Crippen LogP contribution in [-0.2, 0) is 22.7 Å². The summed E-state index contributed by atoms with van der Waals surface area (Å²) < 4.78 is 89.3.